The Balaban J connectivity index is 3.02. The number of carboxylic acids is 1. The number of carbonyl (C=O) groups is 1. The lowest BCUT2D eigenvalue weighted by Crippen LogP contribution is -2.36. The lowest BCUT2D eigenvalue weighted by atomic mass is 9.85. The number of anilines is 1. The van der Waals surface area contributed by atoms with Crippen LogP contribution < -0.4 is 5.32 Å². The molecule has 7 heteroatoms. The molecule has 1 heterocycles. The van der Waals surface area contributed by atoms with Crippen LogP contribution >= 0.6 is 0 Å². The number of pyridine rings is 1. The van der Waals surface area contributed by atoms with E-state index < -0.39 is 10.9 Å². The van der Waals surface area contributed by atoms with Crippen molar-refractivity contribution in [1.29, 1.82) is 0 Å². The van der Waals surface area contributed by atoms with E-state index in [1.54, 1.807) is 6.92 Å². The first kappa shape index (κ1) is 15.9. The summed E-state index contributed by atoms with van der Waals surface area (Å²) in [6.45, 7) is 7.30. The van der Waals surface area contributed by atoms with E-state index in [1.807, 2.05) is 20.8 Å². The molecule has 0 aliphatic heterocycles. The molecule has 7 nitrogen and oxygen atoms in total. The van der Waals surface area contributed by atoms with Gasteiger partial charge in [0.05, 0.1) is 17.4 Å². The van der Waals surface area contributed by atoms with Crippen molar-refractivity contribution in [3.05, 3.63) is 27.9 Å². The maximum atomic E-state index is 10.9. The molecular formula is C13H19N3O4. The summed E-state index contributed by atoms with van der Waals surface area (Å²) in [5, 5.41) is 22.8. The largest absolute Gasteiger partial charge is 0.481 e. The SMILES string of the molecule is Cc1cnc(NC(CC(=O)O)C(C)(C)C)cc1[N+](=O)[O-]. The molecule has 0 saturated heterocycles. The second kappa shape index (κ2) is 5.85. The van der Waals surface area contributed by atoms with Gasteiger partial charge < -0.3 is 10.4 Å². The minimum Gasteiger partial charge on any atom is -0.481 e. The highest BCUT2D eigenvalue weighted by Gasteiger charge is 2.27. The molecular weight excluding hydrogens is 262 g/mol. The molecule has 0 saturated carbocycles. The van der Waals surface area contributed by atoms with Crippen LogP contribution in [-0.4, -0.2) is 27.0 Å². The number of hydrogen-bond donors (Lipinski definition) is 2. The van der Waals surface area contributed by atoms with E-state index in [0.717, 1.165) is 0 Å². The molecule has 0 radical (unpaired) electrons. The summed E-state index contributed by atoms with van der Waals surface area (Å²) in [6.07, 6.45) is 1.31. The van der Waals surface area contributed by atoms with E-state index in [2.05, 4.69) is 10.3 Å². The third-order valence-electron chi connectivity index (χ3n) is 3.02. The Hall–Kier alpha value is -2.18. The third-order valence-corrected chi connectivity index (χ3v) is 3.02. The molecule has 1 atom stereocenters. The van der Waals surface area contributed by atoms with E-state index in [9.17, 15) is 14.9 Å². The van der Waals surface area contributed by atoms with Crippen molar-refractivity contribution in [1.82, 2.24) is 4.98 Å². The van der Waals surface area contributed by atoms with Gasteiger partial charge in [-0.2, -0.15) is 0 Å². The van der Waals surface area contributed by atoms with Crippen molar-refractivity contribution >= 4 is 17.5 Å². The summed E-state index contributed by atoms with van der Waals surface area (Å²) >= 11 is 0. The first-order chi connectivity index (χ1) is 9.11. The molecule has 2 N–H and O–H groups in total. The number of aliphatic carboxylic acids is 1. The first-order valence-electron chi connectivity index (χ1n) is 6.20. The van der Waals surface area contributed by atoms with Crippen molar-refractivity contribution < 1.29 is 14.8 Å². The molecule has 0 aromatic carbocycles. The standard InChI is InChI=1S/C13H19N3O4/c1-8-7-14-11(5-9(8)16(19)20)15-10(6-12(17)18)13(2,3)4/h5,7,10H,6H2,1-4H3,(H,14,15)(H,17,18). The minimum atomic E-state index is -0.931. The van der Waals surface area contributed by atoms with Crippen LogP contribution in [0.2, 0.25) is 0 Å². The van der Waals surface area contributed by atoms with Gasteiger partial charge >= 0.3 is 5.97 Å². The smallest absolute Gasteiger partial charge is 0.305 e. The molecule has 0 fully saturated rings. The quantitative estimate of drug-likeness (QED) is 0.634. The number of nitrogens with one attached hydrogen (secondary N) is 1. The Morgan fingerprint density at radius 1 is 1.55 bits per heavy atom. The molecule has 1 unspecified atom stereocenters. The maximum absolute atomic E-state index is 10.9. The lowest BCUT2D eigenvalue weighted by Gasteiger charge is -2.30. The highest BCUT2D eigenvalue weighted by Crippen LogP contribution is 2.27. The van der Waals surface area contributed by atoms with Crippen LogP contribution in [-0.2, 0) is 4.79 Å². The number of nitro groups is 1. The average molecular weight is 281 g/mol. The van der Waals surface area contributed by atoms with E-state index >= 15 is 0 Å². The summed E-state index contributed by atoms with van der Waals surface area (Å²) in [4.78, 5) is 25.4. The van der Waals surface area contributed by atoms with Crippen LogP contribution in [0, 0.1) is 22.5 Å². The molecule has 0 spiro atoms. The monoisotopic (exact) mass is 281 g/mol. The van der Waals surface area contributed by atoms with Gasteiger partial charge in [0, 0.05) is 17.8 Å². The predicted octanol–water partition coefficient (Wildman–Crippen LogP) is 2.60. The fraction of sp³-hybridized carbons (Fsp3) is 0.538. The summed E-state index contributed by atoms with van der Waals surface area (Å²) < 4.78 is 0. The van der Waals surface area contributed by atoms with Crippen LogP contribution in [0.15, 0.2) is 12.3 Å². The Kier molecular flexibility index (Phi) is 4.65. The zero-order chi connectivity index (χ0) is 15.5. The molecule has 0 amide bonds. The van der Waals surface area contributed by atoms with E-state index in [-0.39, 0.29) is 23.6 Å². The number of rotatable bonds is 5. The second-order valence-electron chi connectivity index (χ2n) is 5.77. The maximum Gasteiger partial charge on any atom is 0.305 e. The van der Waals surface area contributed by atoms with Crippen molar-refractivity contribution in [3.63, 3.8) is 0 Å². The van der Waals surface area contributed by atoms with Crippen LogP contribution in [0.4, 0.5) is 11.5 Å². The molecule has 1 rings (SSSR count). The lowest BCUT2D eigenvalue weighted by molar-refractivity contribution is -0.385. The minimum absolute atomic E-state index is 0.0366. The van der Waals surface area contributed by atoms with Crippen molar-refractivity contribution in [2.24, 2.45) is 5.41 Å². The van der Waals surface area contributed by atoms with Gasteiger partial charge in [-0.05, 0) is 12.3 Å². The Morgan fingerprint density at radius 2 is 2.15 bits per heavy atom. The molecule has 0 aliphatic rings. The van der Waals surface area contributed by atoms with Crippen LogP contribution in [0.5, 0.6) is 0 Å². The van der Waals surface area contributed by atoms with E-state index in [1.165, 1.54) is 12.3 Å². The van der Waals surface area contributed by atoms with Gasteiger partial charge in [-0.1, -0.05) is 20.8 Å². The number of hydrogen-bond acceptors (Lipinski definition) is 5. The Bertz CT molecular complexity index is 523. The summed E-state index contributed by atoms with van der Waals surface area (Å²) in [5.41, 5.74) is 0.108. The zero-order valence-corrected chi connectivity index (χ0v) is 12.0. The number of aryl methyl sites for hydroxylation is 1. The summed E-state index contributed by atoms with van der Waals surface area (Å²) in [6, 6.07) is 0.949. The molecule has 20 heavy (non-hydrogen) atoms. The van der Waals surface area contributed by atoms with Crippen molar-refractivity contribution in [2.45, 2.75) is 40.2 Å². The summed E-state index contributed by atoms with van der Waals surface area (Å²) in [7, 11) is 0. The topological polar surface area (TPSA) is 105 Å². The van der Waals surface area contributed by atoms with Gasteiger partial charge in [0.25, 0.3) is 5.69 Å². The van der Waals surface area contributed by atoms with Gasteiger partial charge in [0.1, 0.15) is 5.82 Å². The van der Waals surface area contributed by atoms with Gasteiger partial charge in [-0.3, -0.25) is 14.9 Å². The molecule has 1 aromatic heterocycles. The zero-order valence-electron chi connectivity index (χ0n) is 12.0. The van der Waals surface area contributed by atoms with Gasteiger partial charge in [0.15, 0.2) is 0 Å². The fourth-order valence-electron chi connectivity index (χ4n) is 1.72. The van der Waals surface area contributed by atoms with Crippen LogP contribution in [0.25, 0.3) is 0 Å². The molecule has 0 bridgehead atoms. The number of carboxylic acid groups (broad SMARTS) is 1. The van der Waals surface area contributed by atoms with Crippen LogP contribution in [0.3, 0.4) is 0 Å². The molecule has 1 aromatic rings. The van der Waals surface area contributed by atoms with Gasteiger partial charge in [0.2, 0.25) is 0 Å². The normalized spacial score (nSPS) is 12.8. The van der Waals surface area contributed by atoms with Crippen LogP contribution in [0.1, 0.15) is 32.8 Å². The molecule has 0 aliphatic carbocycles. The first-order valence-corrected chi connectivity index (χ1v) is 6.20. The molecule has 110 valence electrons. The summed E-state index contributed by atoms with van der Waals surface area (Å²) in [5.74, 6) is -0.623. The third kappa shape index (κ3) is 4.18. The second-order valence-corrected chi connectivity index (χ2v) is 5.77. The highest BCUT2D eigenvalue weighted by atomic mass is 16.6. The predicted molar refractivity (Wildman–Crippen MR) is 74.7 cm³/mol. The van der Waals surface area contributed by atoms with Gasteiger partial charge in [-0.25, -0.2) is 4.98 Å². The van der Waals surface area contributed by atoms with Crippen molar-refractivity contribution in [3.8, 4) is 0 Å². The highest BCUT2D eigenvalue weighted by molar-refractivity contribution is 5.68. The van der Waals surface area contributed by atoms with Crippen molar-refractivity contribution in [2.75, 3.05) is 5.32 Å². The average Bonchev–Trinajstić information content (AvgIpc) is 2.28. The Labute approximate surface area is 117 Å². The fourth-order valence-corrected chi connectivity index (χ4v) is 1.72. The van der Waals surface area contributed by atoms with E-state index in [4.69, 9.17) is 5.11 Å². The number of nitrogens with zero attached hydrogens (tertiary/aromatic N) is 2. The Morgan fingerprint density at radius 3 is 2.60 bits per heavy atom. The van der Waals surface area contributed by atoms with Gasteiger partial charge in [-0.15, -0.1) is 0 Å². The number of aromatic nitrogens is 1. The van der Waals surface area contributed by atoms with E-state index in [0.29, 0.717) is 11.4 Å².